The lowest BCUT2D eigenvalue weighted by molar-refractivity contribution is -0.277. The van der Waals surface area contributed by atoms with Crippen LogP contribution in [0.25, 0.3) is 22.1 Å². The van der Waals surface area contributed by atoms with Crippen LogP contribution in [0.4, 0.5) is 0 Å². The van der Waals surface area contributed by atoms with Crippen LogP contribution >= 0.6 is 0 Å². The molecule has 0 saturated carbocycles. The van der Waals surface area contributed by atoms with E-state index in [9.17, 15) is 30.3 Å². The first-order valence-corrected chi connectivity index (χ1v) is 9.74. The molecule has 1 aliphatic heterocycles. The quantitative estimate of drug-likeness (QED) is 0.370. The van der Waals surface area contributed by atoms with Crippen molar-refractivity contribution in [1.82, 2.24) is 0 Å². The summed E-state index contributed by atoms with van der Waals surface area (Å²) >= 11 is 0. The zero-order valence-electron chi connectivity index (χ0n) is 16.9. The molecule has 0 unspecified atom stereocenters. The molecular weight excluding hydrogens is 424 g/mol. The number of aromatic hydroxyl groups is 1. The topological polar surface area (TPSA) is 159 Å². The zero-order valence-corrected chi connectivity index (χ0v) is 16.9. The molecule has 170 valence electrons. The van der Waals surface area contributed by atoms with Crippen LogP contribution in [0, 0.1) is 0 Å². The second kappa shape index (κ2) is 8.77. The number of aliphatic hydroxyl groups is 4. The molecule has 0 radical (unpaired) electrons. The molecule has 3 aromatic rings. The number of ether oxygens (including phenoxy) is 3. The van der Waals surface area contributed by atoms with Crippen molar-refractivity contribution in [1.29, 1.82) is 0 Å². The number of hydrogen-bond donors (Lipinski definition) is 5. The summed E-state index contributed by atoms with van der Waals surface area (Å²) in [6.45, 7) is -0.582. The van der Waals surface area contributed by atoms with Gasteiger partial charge in [-0.25, -0.2) is 0 Å². The first-order valence-electron chi connectivity index (χ1n) is 9.74. The molecule has 1 saturated heterocycles. The molecule has 5 atom stereocenters. The molecule has 32 heavy (non-hydrogen) atoms. The van der Waals surface area contributed by atoms with E-state index < -0.39 is 37.3 Å². The predicted molar refractivity (Wildman–Crippen MR) is 111 cm³/mol. The normalized spacial score (nSPS) is 25.6. The highest BCUT2D eigenvalue weighted by atomic mass is 16.7. The first-order chi connectivity index (χ1) is 15.3. The Morgan fingerprint density at radius 2 is 1.81 bits per heavy atom. The fraction of sp³-hybridized carbons (Fsp3) is 0.318. The standard InChI is InChI=1S/C22H22O10/c1-29-15-5-2-10(6-14(15)24)13-9-30-16-7-11(3-4-12(16)18(13)25)31-22-21(28)20(27)19(26)17(8-23)32-22/h2-7,9,17,19-24,26-28H,8H2,1H3/t17-,19-,20+,21+,22-/m1/s1. The number of methoxy groups -OCH3 is 1. The van der Waals surface area contributed by atoms with Gasteiger partial charge in [0.25, 0.3) is 0 Å². The largest absolute Gasteiger partial charge is 0.504 e. The van der Waals surface area contributed by atoms with Gasteiger partial charge in [-0.15, -0.1) is 0 Å². The predicted octanol–water partition coefficient (Wildman–Crippen LogP) is 0.353. The van der Waals surface area contributed by atoms with Crippen molar-refractivity contribution >= 4 is 11.0 Å². The first kappa shape index (κ1) is 22.1. The van der Waals surface area contributed by atoms with Crippen molar-refractivity contribution in [2.45, 2.75) is 30.7 Å². The van der Waals surface area contributed by atoms with Crippen molar-refractivity contribution < 1.29 is 44.2 Å². The molecule has 10 nitrogen and oxygen atoms in total. The summed E-state index contributed by atoms with van der Waals surface area (Å²) in [5.41, 5.74) is 0.535. The van der Waals surface area contributed by atoms with Crippen molar-refractivity contribution in [2.75, 3.05) is 13.7 Å². The molecule has 0 bridgehead atoms. The van der Waals surface area contributed by atoms with Gasteiger partial charge in [0, 0.05) is 6.07 Å². The lowest BCUT2D eigenvalue weighted by Crippen LogP contribution is -2.60. The Morgan fingerprint density at radius 3 is 2.50 bits per heavy atom. The maximum absolute atomic E-state index is 12.9. The van der Waals surface area contributed by atoms with Crippen LogP contribution in [0.2, 0.25) is 0 Å². The summed E-state index contributed by atoms with van der Waals surface area (Å²) in [7, 11) is 1.42. The second-order valence-corrected chi connectivity index (χ2v) is 7.34. The van der Waals surface area contributed by atoms with Crippen molar-refractivity contribution in [3.8, 4) is 28.4 Å². The zero-order chi connectivity index (χ0) is 23.0. The molecule has 0 amide bonds. The van der Waals surface area contributed by atoms with Crippen LogP contribution < -0.4 is 14.9 Å². The van der Waals surface area contributed by atoms with Gasteiger partial charge in [0.2, 0.25) is 6.29 Å². The third-order valence-electron chi connectivity index (χ3n) is 5.34. The number of aliphatic hydroxyl groups excluding tert-OH is 4. The van der Waals surface area contributed by atoms with Crippen LogP contribution in [0.1, 0.15) is 0 Å². The highest BCUT2D eigenvalue weighted by Gasteiger charge is 2.44. The van der Waals surface area contributed by atoms with Gasteiger partial charge in [0.1, 0.15) is 42.0 Å². The fourth-order valence-corrected chi connectivity index (χ4v) is 3.54. The summed E-state index contributed by atoms with van der Waals surface area (Å²) in [5, 5.41) is 49.4. The number of phenolic OH excluding ortho intramolecular Hbond substituents is 1. The van der Waals surface area contributed by atoms with Gasteiger partial charge in [-0.05, 0) is 29.8 Å². The number of benzene rings is 2. The Hall–Kier alpha value is -3.15. The van der Waals surface area contributed by atoms with E-state index in [1.807, 2.05) is 0 Å². The summed E-state index contributed by atoms with van der Waals surface area (Å²) in [6.07, 6.45) is -5.87. The van der Waals surface area contributed by atoms with Crippen molar-refractivity contribution in [2.24, 2.45) is 0 Å². The maximum atomic E-state index is 12.9. The highest BCUT2D eigenvalue weighted by molar-refractivity contribution is 5.83. The molecule has 5 N–H and O–H groups in total. The van der Waals surface area contributed by atoms with E-state index in [0.717, 1.165) is 0 Å². The van der Waals surface area contributed by atoms with E-state index >= 15 is 0 Å². The van der Waals surface area contributed by atoms with E-state index in [1.54, 1.807) is 6.07 Å². The Bertz CT molecular complexity index is 1170. The Balaban J connectivity index is 1.62. The third-order valence-corrected chi connectivity index (χ3v) is 5.34. The molecule has 0 spiro atoms. The molecule has 2 heterocycles. The van der Waals surface area contributed by atoms with Crippen LogP contribution in [-0.2, 0) is 4.74 Å². The Morgan fingerprint density at radius 1 is 1.03 bits per heavy atom. The smallest absolute Gasteiger partial charge is 0.229 e. The van der Waals surface area contributed by atoms with E-state index in [-0.39, 0.29) is 39.2 Å². The van der Waals surface area contributed by atoms with Crippen LogP contribution in [0.15, 0.2) is 51.9 Å². The number of phenols is 1. The van der Waals surface area contributed by atoms with Crippen LogP contribution in [0.5, 0.6) is 17.2 Å². The van der Waals surface area contributed by atoms with E-state index in [2.05, 4.69) is 0 Å². The van der Waals surface area contributed by atoms with E-state index in [1.165, 1.54) is 43.7 Å². The maximum Gasteiger partial charge on any atom is 0.229 e. The third kappa shape index (κ3) is 3.90. The number of hydrogen-bond acceptors (Lipinski definition) is 10. The second-order valence-electron chi connectivity index (χ2n) is 7.34. The van der Waals surface area contributed by atoms with Gasteiger partial charge in [-0.3, -0.25) is 4.79 Å². The molecule has 4 rings (SSSR count). The lowest BCUT2D eigenvalue weighted by atomic mass is 9.99. The number of fused-ring (bicyclic) bond motifs is 1. The minimum Gasteiger partial charge on any atom is -0.504 e. The van der Waals surface area contributed by atoms with Gasteiger partial charge in [0.05, 0.1) is 24.7 Å². The van der Waals surface area contributed by atoms with Crippen LogP contribution in [0.3, 0.4) is 0 Å². The molecule has 1 fully saturated rings. The average molecular weight is 446 g/mol. The minimum atomic E-state index is -1.58. The average Bonchev–Trinajstić information content (AvgIpc) is 2.79. The molecular formula is C22H22O10. The van der Waals surface area contributed by atoms with Gasteiger partial charge in [-0.1, -0.05) is 6.07 Å². The Labute approximate surface area is 181 Å². The lowest BCUT2D eigenvalue weighted by Gasteiger charge is -2.39. The van der Waals surface area contributed by atoms with Crippen LogP contribution in [-0.4, -0.2) is 70.0 Å². The van der Waals surface area contributed by atoms with Crippen molar-refractivity contribution in [3.63, 3.8) is 0 Å². The van der Waals surface area contributed by atoms with Gasteiger partial charge >= 0.3 is 0 Å². The van der Waals surface area contributed by atoms with E-state index in [0.29, 0.717) is 5.56 Å². The monoisotopic (exact) mass is 446 g/mol. The SMILES string of the molecule is COc1ccc(-c2coc3cc(O[C@@H]4O[C@H](CO)[C@@H](O)[C@H](O)[C@@H]4O)ccc3c2=O)cc1O. The minimum absolute atomic E-state index is 0.118. The van der Waals surface area contributed by atoms with E-state index in [4.69, 9.17) is 18.6 Å². The summed E-state index contributed by atoms with van der Waals surface area (Å²) < 4.78 is 21.5. The fourth-order valence-electron chi connectivity index (χ4n) is 3.54. The molecule has 10 heteroatoms. The summed E-state index contributed by atoms with van der Waals surface area (Å²) in [5.74, 6) is 0.321. The Kier molecular flexibility index (Phi) is 6.04. The highest BCUT2D eigenvalue weighted by Crippen LogP contribution is 2.32. The number of rotatable bonds is 5. The summed E-state index contributed by atoms with van der Waals surface area (Å²) in [4.78, 5) is 12.9. The molecule has 1 aromatic heterocycles. The summed E-state index contributed by atoms with van der Waals surface area (Å²) in [6, 6.07) is 8.88. The van der Waals surface area contributed by atoms with Gasteiger partial charge in [-0.2, -0.15) is 0 Å². The van der Waals surface area contributed by atoms with Gasteiger partial charge in [0.15, 0.2) is 16.9 Å². The van der Waals surface area contributed by atoms with Gasteiger partial charge < -0.3 is 44.2 Å². The molecule has 2 aromatic carbocycles. The molecule has 0 aliphatic carbocycles. The van der Waals surface area contributed by atoms with Crippen molar-refractivity contribution in [3.05, 3.63) is 52.9 Å². The molecule has 1 aliphatic rings.